The van der Waals surface area contributed by atoms with Crippen LogP contribution in [0.3, 0.4) is 0 Å². The zero-order valence-corrected chi connectivity index (χ0v) is 16.8. The summed E-state index contributed by atoms with van der Waals surface area (Å²) in [6, 6.07) is 5.97. The van der Waals surface area contributed by atoms with Gasteiger partial charge in [0.15, 0.2) is 11.6 Å². The van der Waals surface area contributed by atoms with Crippen molar-refractivity contribution in [2.45, 2.75) is 37.7 Å². The fourth-order valence-electron chi connectivity index (χ4n) is 4.88. The van der Waals surface area contributed by atoms with Gasteiger partial charge in [-0.2, -0.15) is 0 Å². The van der Waals surface area contributed by atoms with Crippen LogP contribution in [0.2, 0.25) is 0 Å². The minimum atomic E-state index is -0.996. The molecule has 158 valence electrons. The molecule has 0 saturated carbocycles. The van der Waals surface area contributed by atoms with Crippen molar-refractivity contribution >= 4 is 10.9 Å². The maximum Gasteiger partial charge on any atom is 0.160 e. The van der Waals surface area contributed by atoms with Crippen LogP contribution in [0.5, 0.6) is 5.75 Å². The molecular formula is C23H22F3NO3. The number of hydrogen-bond donors (Lipinski definition) is 1. The molecule has 0 amide bonds. The third-order valence-electron chi connectivity index (χ3n) is 6.18. The van der Waals surface area contributed by atoms with Crippen LogP contribution in [0.25, 0.3) is 16.6 Å². The van der Waals surface area contributed by atoms with Gasteiger partial charge >= 0.3 is 0 Å². The fraction of sp³-hybridized carbons (Fsp3) is 0.391. The van der Waals surface area contributed by atoms with Gasteiger partial charge in [-0.3, -0.25) is 0 Å². The van der Waals surface area contributed by atoms with Gasteiger partial charge in [0, 0.05) is 46.5 Å². The average molecular weight is 417 g/mol. The summed E-state index contributed by atoms with van der Waals surface area (Å²) in [4.78, 5) is 0. The normalized spacial score (nSPS) is 23.1. The van der Waals surface area contributed by atoms with Gasteiger partial charge in [0.25, 0.3) is 0 Å². The minimum absolute atomic E-state index is 0.214. The number of ether oxygens (including phenoxy) is 2. The molecule has 2 aromatic carbocycles. The van der Waals surface area contributed by atoms with Crippen LogP contribution >= 0.6 is 0 Å². The molecule has 1 aromatic heterocycles. The molecule has 3 heterocycles. The van der Waals surface area contributed by atoms with Gasteiger partial charge in [-0.15, -0.1) is 0 Å². The lowest BCUT2D eigenvalue weighted by molar-refractivity contribution is -0.154. The molecule has 5 rings (SSSR count). The molecular weight excluding hydrogens is 395 g/mol. The Kier molecular flexibility index (Phi) is 4.21. The van der Waals surface area contributed by atoms with E-state index in [0.29, 0.717) is 42.8 Å². The summed E-state index contributed by atoms with van der Waals surface area (Å²) in [5, 5.41) is 11.2. The van der Waals surface area contributed by atoms with Crippen LogP contribution in [0.4, 0.5) is 13.2 Å². The van der Waals surface area contributed by atoms with Crippen molar-refractivity contribution < 1.29 is 27.8 Å². The zero-order chi connectivity index (χ0) is 21.3. The highest BCUT2D eigenvalue weighted by Crippen LogP contribution is 2.52. The van der Waals surface area contributed by atoms with Crippen molar-refractivity contribution in [1.29, 1.82) is 0 Å². The highest BCUT2D eigenvalue weighted by Gasteiger charge is 2.49. The van der Waals surface area contributed by atoms with Crippen LogP contribution in [-0.2, 0) is 20.5 Å². The molecule has 0 bridgehead atoms. The lowest BCUT2D eigenvalue weighted by atomic mass is 9.75. The molecule has 7 heteroatoms. The molecule has 1 unspecified atom stereocenters. The number of fused-ring (bicyclic) bond motifs is 4. The second-order valence-electron chi connectivity index (χ2n) is 8.80. The predicted molar refractivity (Wildman–Crippen MR) is 106 cm³/mol. The Morgan fingerprint density at radius 3 is 2.53 bits per heavy atom. The van der Waals surface area contributed by atoms with Crippen molar-refractivity contribution in [3.05, 3.63) is 59.0 Å². The zero-order valence-electron chi connectivity index (χ0n) is 16.8. The summed E-state index contributed by atoms with van der Waals surface area (Å²) in [7, 11) is 0. The highest BCUT2D eigenvalue weighted by molar-refractivity contribution is 5.94. The van der Waals surface area contributed by atoms with Crippen molar-refractivity contribution in [2.75, 3.05) is 19.8 Å². The van der Waals surface area contributed by atoms with Gasteiger partial charge in [0.05, 0.1) is 18.7 Å². The number of aromatic hydroxyl groups is 1. The van der Waals surface area contributed by atoms with Crippen LogP contribution in [0, 0.1) is 17.5 Å². The molecule has 1 saturated heterocycles. The summed E-state index contributed by atoms with van der Waals surface area (Å²) in [5.74, 6) is -2.79. The van der Waals surface area contributed by atoms with E-state index in [1.54, 1.807) is 4.57 Å². The van der Waals surface area contributed by atoms with Crippen molar-refractivity contribution in [1.82, 2.24) is 4.57 Å². The standard InChI is InChI=1S/C23H22F3NO3/c1-22(2)11-30-23(6-3-7-29-12-23)20-19-17(8-13(24)9-18(19)28)27(21(20)22)14-4-5-15(25)16(26)10-14/h4-5,8-10,28H,3,6-7,11-12H2,1-2H3. The van der Waals surface area contributed by atoms with Gasteiger partial charge in [-0.05, 0) is 31.0 Å². The van der Waals surface area contributed by atoms with Crippen molar-refractivity contribution in [3.8, 4) is 11.4 Å². The maximum atomic E-state index is 14.4. The van der Waals surface area contributed by atoms with E-state index in [9.17, 15) is 18.3 Å². The second-order valence-corrected chi connectivity index (χ2v) is 8.80. The van der Waals surface area contributed by atoms with Gasteiger partial charge in [-0.25, -0.2) is 13.2 Å². The Bertz CT molecular complexity index is 1160. The third kappa shape index (κ3) is 2.68. The molecule has 2 aliphatic rings. The number of benzene rings is 2. The van der Waals surface area contributed by atoms with Crippen molar-refractivity contribution in [2.24, 2.45) is 0 Å². The van der Waals surface area contributed by atoms with Gasteiger partial charge < -0.3 is 19.1 Å². The maximum absolute atomic E-state index is 14.4. The highest BCUT2D eigenvalue weighted by atomic mass is 19.2. The number of phenols is 1. The smallest absolute Gasteiger partial charge is 0.160 e. The van der Waals surface area contributed by atoms with E-state index in [1.807, 2.05) is 13.8 Å². The summed E-state index contributed by atoms with van der Waals surface area (Å²) in [6.07, 6.45) is 1.46. The van der Waals surface area contributed by atoms with Gasteiger partial charge in [-0.1, -0.05) is 13.8 Å². The summed E-state index contributed by atoms with van der Waals surface area (Å²) in [5.41, 5.74) is 0.918. The van der Waals surface area contributed by atoms with E-state index < -0.39 is 28.5 Å². The van der Waals surface area contributed by atoms with E-state index in [4.69, 9.17) is 9.47 Å². The number of hydrogen-bond acceptors (Lipinski definition) is 3. The Labute approximate surface area is 171 Å². The minimum Gasteiger partial charge on any atom is -0.507 e. The molecule has 1 N–H and O–H groups in total. The number of aromatic nitrogens is 1. The van der Waals surface area contributed by atoms with Crippen molar-refractivity contribution in [3.63, 3.8) is 0 Å². The Morgan fingerprint density at radius 1 is 1.03 bits per heavy atom. The molecule has 0 radical (unpaired) electrons. The van der Waals surface area contributed by atoms with E-state index in [0.717, 1.165) is 35.9 Å². The van der Waals surface area contributed by atoms with E-state index in [2.05, 4.69) is 0 Å². The van der Waals surface area contributed by atoms with Gasteiger partial charge in [0.1, 0.15) is 17.2 Å². The van der Waals surface area contributed by atoms with E-state index >= 15 is 0 Å². The number of halogens is 3. The van der Waals surface area contributed by atoms with E-state index in [-0.39, 0.29) is 5.75 Å². The lowest BCUT2D eigenvalue weighted by Gasteiger charge is -2.46. The van der Waals surface area contributed by atoms with Crippen LogP contribution in [0.15, 0.2) is 30.3 Å². The molecule has 1 spiro atoms. The first kappa shape index (κ1) is 19.5. The molecule has 2 aliphatic heterocycles. The molecule has 30 heavy (non-hydrogen) atoms. The van der Waals surface area contributed by atoms with E-state index in [1.165, 1.54) is 12.1 Å². The Balaban J connectivity index is 1.94. The quantitative estimate of drug-likeness (QED) is 0.602. The molecule has 1 atom stereocenters. The van der Waals surface area contributed by atoms with Crippen LogP contribution in [-0.4, -0.2) is 29.5 Å². The fourth-order valence-corrected chi connectivity index (χ4v) is 4.88. The van der Waals surface area contributed by atoms with Crippen LogP contribution in [0.1, 0.15) is 37.9 Å². The molecule has 3 aromatic rings. The second kappa shape index (κ2) is 6.49. The first-order valence-electron chi connectivity index (χ1n) is 9.98. The summed E-state index contributed by atoms with van der Waals surface area (Å²) < 4.78 is 56.0. The molecule has 0 aliphatic carbocycles. The van der Waals surface area contributed by atoms with Crippen LogP contribution < -0.4 is 0 Å². The topological polar surface area (TPSA) is 43.6 Å². The summed E-state index contributed by atoms with van der Waals surface area (Å²) in [6.45, 7) is 5.25. The Morgan fingerprint density at radius 2 is 1.83 bits per heavy atom. The Hall–Kier alpha value is -2.51. The average Bonchev–Trinajstić information content (AvgIpc) is 3.06. The monoisotopic (exact) mass is 417 g/mol. The summed E-state index contributed by atoms with van der Waals surface area (Å²) >= 11 is 0. The molecule has 1 fully saturated rings. The lowest BCUT2D eigenvalue weighted by Crippen LogP contribution is -2.48. The largest absolute Gasteiger partial charge is 0.507 e. The first-order chi connectivity index (χ1) is 14.2. The SMILES string of the molecule is CC1(C)COC2(CCCOC2)c2c1n(-c1ccc(F)c(F)c1)c1cc(F)cc(O)c21. The third-order valence-corrected chi connectivity index (χ3v) is 6.18. The number of phenolic OH excluding ortho intramolecular Hbond substituents is 1. The first-order valence-corrected chi connectivity index (χ1v) is 9.98. The number of rotatable bonds is 1. The number of nitrogens with zero attached hydrogens (tertiary/aromatic N) is 1. The molecule has 4 nitrogen and oxygen atoms in total. The van der Waals surface area contributed by atoms with Gasteiger partial charge in [0.2, 0.25) is 0 Å². The predicted octanol–water partition coefficient (Wildman–Crippen LogP) is 5.07.